The highest BCUT2D eigenvalue weighted by Crippen LogP contribution is 2.36. The van der Waals surface area contributed by atoms with Crippen molar-refractivity contribution in [1.82, 2.24) is 19.8 Å². The topological polar surface area (TPSA) is 62.8 Å². The van der Waals surface area contributed by atoms with Gasteiger partial charge in [0, 0.05) is 23.4 Å². The van der Waals surface area contributed by atoms with Crippen molar-refractivity contribution >= 4 is 16.7 Å². The van der Waals surface area contributed by atoms with Crippen LogP contribution in [0.1, 0.15) is 43.8 Å². The third-order valence-corrected chi connectivity index (χ3v) is 6.59. The number of hydrogen-bond donors (Lipinski definition) is 1. The van der Waals surface area contributed by atoms with Gasteiger partial charge in [-0.3, -0.25) is 0 Å². The summed E-state index contributed by atoms with van der Waals surface area (Å²) in [7, 11) is 7.73. The van der Waals surface area contributed by atoms with Crippen LogP contribution in [0.3, 0.4) is 0 Å². The van der Waals surface area contributed by atoms with Gasteiger partial charge in [-0.25, -0.2) is 9.97 Å². The molecule has 0 amide bonds. The van der Waals surface area contributed by atoms with Crippen molar-refractivity contribution < 1.29 is 9.47 Å². The van der Waals surface area contributed by atoms with Crippen LogP contribution < -0.4 is 14.8 Å². The van der Waals surface area contributed by atoms with E-state index in [4.69, 9.17) is 19.4 Å². The Labute approximate surface area is 179 Å². The van der Waals surface area contributed by atoms with Gasteiger partial charge in [0.15, 0.2) is 11.5 Å². The zero-order chi connectivity index (χ0) is 21.1. The minimum Gasteiger partial charge on any atom is -0.493 e. The van der Waals surface area contributed by atoms with Gasteiger partial charge in [0.1, 0.15) is 11.6 Å². The highest BCUT2D eigenvalue weighted by Gasteiger charge is 2.23. The zero-order valence-electron chi connectivity index (χ0n) is 18.8. The first-order valence-electron chi connectivity index (χ1n) is 11.1. The molecule has 7 nitrogen and oxygen atoms in total. The Morgan fingerprint density at radius 1 is 0.867 bits per heavy atom. The third kappa shape index (κ3) is 4.62. The predicted molar refractivity (Wildman–Crippen MR) is 121 cm³/mol. The van der Waals surface area contributed by atoms with Gasteiger partial charge in [-0.05, 0) is 78.4 Å². The molecule has 1 atom stereocenters. The molecule has 0 radical (unpaired) electrons. The fourth-order valence-electron chi connectivity index (χ4n) is 4.61. The Bertz CT molecular complexity index is 866. The van der Waals surface area contributed by atoms with Crippen molar-refractivity contribution in [1.29, 1.82) is 0 Å². The van der Waals surface area contributed by atoms with E-state index in [9.17, 15) is 0 Å². The molecule has 1 N–H and O–H groups in total. The molecule has 2 aliphatic rings. The molecule has 1 aromatic carbocycles. The zero-order valence-corrected chi connectivity index (χ0v) is 18.8. The molecule has 2 aromatic rings. The Kier molecular flexibility index (Phi) is 6.58. The van der Waals surface area contributed by atoms with Crippen LogP contribution in [-0.2, 0) is 0 Å². The molecule has 0 unspecified atom stereocenters. The molecule has 1 aromatic heterocycles. The van der Waals surface area contributed by atoms with Crippen LogP contribution in [0.2, 0.25) is 0 Å². The van der Waals surface area contributed by atoms with Crippen LogP contribution in [0.25, 0.3) is 10.9 Å². The van der Waals surface area contributed by atoms with Gasteiger partial charge < -0.3 is 24.6 Å². The van der Waals surface area contributed by atoms with E-state index >= 15 is 0 Å². The van der Waals surface area contributed by atoms with Gasteiger partial charge in [0.05, 0.1) is 19.7 Å². The van der Waals surface area contributed by atoms with Crippen molar-refractivity contribution in [3.63, 3.8) is 0 Å². The SMILES string of the molecule is COc1cc2nc([C@H]3CCCN(C)CC3)nc(NC3CCN(C)CC3)c2cc1OC. The molecule has 4 rings (SSSR count). The molecule has 0 bridgehead atoms. The number of nitrogens with one attached hydrogen (secondary N) is 1. The van der Waals surface area contributed by atoms with Crippen LogP contribution in [-0.4, -0.2) is 80.3 Å². The number of likely N-dealkylation sites (tertiary alicyclic amines) is 2. The first-order valence-corrected chi connectivity index (χ1v) is 11.1. The molecule has 2 saturated heterocycles. The first kappa shape index (κ1) is 21.1. The molecule has 3 heterocycles. The van der Waals surface area contributed by atoms with E-state index in [1.807, 2.05) is 12.1 Å². The second kappa shape index (κ2) is 9.35. The summed E-state index contributed by atoms with van der Waals surface area (Å²) in [5.41, 5.74) is 0.922. The fourth-order valence-corrected chi connectivity index (χ4v) is 4.61. The van der Waals surface area contributed by atoms with Gasteiger partial charge in [-0.15, -0.1) is 0 Å². The summed E-state index contributed by atoms with van der Waals surface area (Å²) < 4.78 is 11.1. The molecule has 7 heteroatoms. The van der Waals surface area contributed by atoms with Crippen molar-refractivity contribution in [2.24, 2.45) is 0 Å². The van der Waals surface area contributed by atoms with E-state index in [0.29, 0.717) is 23.5 Å². The van der Waals surface area contributed by atoms with Crippen molar-refractivity contribution in [2.45, 2.75) is 44.1 Å². The van der Waals surface area contributed by atoms with Gasteiger partial charge >= 0.3 is 0 Å². The quantitative estimate of drug-likeness (QED) is 0.806. The van der Waals surface area contributed by atoms with Crippen LogP contribution in [0.4, 0.5) is 5.82 Å². The lowest BCUT2D eigenvalue weighted by Crippen LogP contribution is -2.37. The lowest BCUT2D eigenvalue weighted by atomic mass is 9.99. The maximum atomic E-state index is 5.56. The van der Waals surface area contributed by atoms with Crippen LogP contribution >= 0.6 is 0 Å². The van der Waals surface area contributed by atoms with Crippen molar-refractivity contribution in [3.8, 4) is 11.5 Å². The number of hydrogen-bond acceptors (Lipinski definition) is 7. The number of rotatable bonds is 5. The van der Waals surface area contributed by atoms with Crippen molar-refractivity contribution in [3.05, 3.63) is 18.0 Å². The Hall–Kier alpha value is -2.12. The normalized spacial score (nSPS) is 22.1. The number of nitrogens with zero attached hydrogens (tertiary/aromatic N) is 4. The lowest BCUT2D eigenvalue weighted by molar-refractivity contribution is 0.263. The first-order chi connectivity index (χ1) is 14.6. The van der Waals surface area contributed by atoms with Crippen LogP contribution in [0.15, 0.2) is 12.1 Å². The summed E-state index contributed by atoms with van der Waals surface area (Å²) in [6.45, 7) is 4.46. The van der Waals surface area contributed by atoms with Crippen molar-refractivity contribution in [2.75, 3.05) is 59.8 Å². The van der Waals surface area contributed by atoms with Gasteiger partial charge in [-0.1, -0.05) is 0 Å². The number of benzene rings is 1. The number of aromatic nitrogens is 2. The number of anilines is 1. The predicted octanol–water partition coefficient (Wildman–Crippen LogP) is 3.35. The molecule has 164 valence electrons. The second-order valence-corrected chi connectivity index (χ2v) is 8.81. The third-order valence-electron chi connectivity index (χ3n) is 6.59. The Balaban J connectivity index is 1.73. The van der Waals surface area contributed by atoms with Crippen LogP contribution in [0.5, 0.6) is 11.5 Å². The number of ether oxygens (including phenoxy) is 2. The number of fused-ring (bicyclic) bond motifs is 1. The van der Waals surface area contributed by atoms with E-state index in [0.717, 1.165) is 74.4 Å². The van der Waals surface area contributed by atoms with E-state index in [2.05, 4.69) is 29.2 Å². The summed E-state index contributed by atoms with van der Waals surface area (Å²) in [5, 5.41) is 4.75. The standard InChI is InChI=1S/C23H35N5O2/c1-27-10-5-6-16(7-11-27)22-25-19-15-21(30-4)20(29-3)14-18(19)23(26-22)24-17-8-12-28(2)13-9-17/h14-17H,5-13H2,1-4H3,(H,24,25,26)/t16-/m0/s1. The van der Waals surface area contributed by atoms with E-state index in [1.54, 1.807) is 14.2 Å². The molecule has 2 fully saturated rings. The highest BCUT2D eigenvalue weighted by atomic mass is 16.5. The summed E-state index contributed by atoms with van der Waals surface area (Å²) in [6.07, 6.45) is 5.67. The molecular weight excluding hydrogens is 378 g/mol. The van der Waals surface area contributed by atoms with E-state index < -0.39 is 0 Å². The average Bonchev–Trinajstić information content (AvgIpc) is 2.98. The van der Waals surface area contributed by atoms with E-state index in [1.165, 1.54) is 6.42 Å². The largest absolute Gasteiger partial charge is 0.493 e. The fraction of sp³-hybridized carbons (Fsp3) is 0.652. The average molecular weight is 414 g/mol. The number of piperidine rings is 1. The lowest BCUT2D eigenvalue weighted by Gasteiger charge is -2.30. The van der Waals surface area contributed by atoms with Crippen LogP contribution in [0, 0.1) is 0 Å². The van der Waals surface area contributed by atoms with Gasteiger partial charge in [0.2, 0.25) is 0 Å². The minimum atomic E-state index is 0.394. The summed E-state index contributed by atoms with van der Waals surface area (Å²) in [6, 6.07) is 4.43. The van der Waals surface area contributed by atoms with Gasteiger partial charge in [0.25, 0.3) is 0 Å². The summed E-state index contributed by atoms with van der Waals surface area (Å²) in [5.74, 6) is 3.71. The smallest absolute Gasteiger partial charge is 0.162 e. The van der Waals surface area contributed by atoms with E-state index in [-0.39, 0.29) is 0 Å². The Morgan fingerprint density at radius 2 is 1.53 bits per heavy atom. The molecule has 0 spiro atoms. The second-order valence-electron chi connectivity index (χ2n) is 8.81. The maximum absolute atomic E-state index is 5.56. The monoisotopic (exact) mass is 413 g/mol. The molecule has 0 saturated carbocycles. The van der Waals surface area contributed by atoms with Gasteiger partial charge in [-0.2, -0.15) is 0 Å². The maximum Gasteiger partial charge on any atom is 0.162 e. The molecule has 2 aliphatic heterocycles. The number of methoxy groups -OCH3 is 2. The molecule has 0 aliphatic carbocycles. The molecule has 30 heavy (non-hydrogen) atoms. The summed E-state index contributed by atoms with van der Waals surface area (Å²) >= 11 is 0. The molecular formula is C23H35N5O2. The summed E-state index contributed by atoms with van der Waals surface area (Å²) in [4.78, 5) is 14.9. The highest BCUT2D eigenvalue weighted by molar-refractivity contribution is 5.92. The Morgan fingerprint density at radius 3 is 2.27 bits per heavy atom. The minimum absolute atomic E-state index is 0.394.